The van der Waals surface area contributed by atoms with Gasteiger partial charge in [-0.1, -0.05) is 30.3 Å². The minimum absolute atomic E-state index is 0.0789. The maximum Gasteiger partial charge on any atom is 0.329 e. The highest BCUT2D eigenvalue weighted by Gasteiger charge is 2.23. The van der Waals surface area contributed by atoms with E-state index in [0.717, 1.165) is 48.1 Å². The molecule has 1 saturated carbocycles. The Morgan fingerprint density at radius 2 is 1.84 bits per heavy atom. The highest BCUT2D eigenvalue weighted by atomic mass is 32.1. The normalized spacial score (nSPS) is 18.7. The topological polar surface area (TPSA) is 81.4 Å². The lowest BCUT2D eigenvalue weighted by atomic mass is 9.82. The predicted octanol–water partition coefficient (Wildman–Crippen LogP) is 4.55. The summed E-state index contributed by atoms with van der Waals surface area (Å²) < 4.78 is 6.87. The minimum Gasteiger partial charge on any atom is -0.480 e. The molecule has 0 amide bonds. The van der Waals surface area contributed by atoms with E-state index >= 15 is 0 Å². The summed E-state index contributed by atoms with van der Waals surface area (Å²) in [6.45, 7) is 0.859. The van der Waals surface area contributed by atoms with Crippen molar-refractivity contribution in [2.24, 2.45) is 11.8 Å². The van der Waals surface area contributed by atoms with Crippen LogP contribution in [0.2, 0.25) is 0 Å². The number of nitrogens with zero attached hydrogens (tertiary/aromatic N) is 2. The minimum atomic E-state index is -0.931. The van der Waals surface area contributed by atoms with Gasteiger partial charge in [-0.2, -0.15) is 16.4 Å². The Morgan fingerprint density at radius 3 is 2.52 bits per heavy atom. The Hall–Kier alpha value is -2.77. The third-order valence-electron chi connectivity index (χ3n) is 5.85. The van der Waals surface area contributed by atoms with Crippen molar-refractivity contribution in [3.63, 3.8) is 0 Å². The zero-order chi connectivity index (χ0) is 21.6. The lowest BCUT2D eigenvalue weighted by molar-refractivity contribution is -0.142. The summed E-state index contributed by atoms with van der Waals surface area (Å²) in [7, 11) is 0. The maximum absolute atomic E-state index is 12.9. The molecule has 0 spiro atoms. The van der Waals surface area contributed by atoms with Gasteiger partial charge in [0.15, 0.2) is 0 Å². The van der Waals surface area contributed by atoms with E-state index in [1.165, 1.54) is 0 Å². The van der Waals surface area contributed by atoms with E-state index in [2.05, 4.69) is 5.38 Å². The summed E-state index contributed by atoms with van der Waals surface area (Å²) in [4.78, 5) is 23.5. The van der Waals surface area contributed by atoms with Crippen LogP contribution >= 0.6 is 11.3 Å². The van der Waals surface area contributed by atoms with Crippen molar-refractivity contribution in [1.82, 2.24) is 9.78 Å². The molecule has 0 unspecified atom stereocenters. The Morgan fingerprint density at radius 1 is 1.10 bits per heavy atom. The van der Waals surface area contributed by atoms with Gasteiger partial charge in [-0.3, -0.25) is 4.79 Å². The van der Waals surface area contributed by atoms with Gasteiger partial charge < -0.3 is 9.84 Å². The van der Waals surface area contributed by atoms with Crippen LogP contribution in [0, 0.1) is 11.8 Å². The second kappa shape index (κ2) is 10.0. The number of benzene rings is 1. The molecule has 3 aromatic rings. The molecule has 2 aromatic heterocycles. The average Bonchev–Trinajstić information content (AvgIpc) is 3.31. The molecule has 4 rings (SSSR count). The number of ether oxygens (including phenoxy) is 1. The molecule has 0 saturated heterocycles. The Labute approximate surface area is 185 Å². The predicted molar refractivity (Wildman–Crippen MR) is 121 cm³/mol. The number of rotatable bonds is 8. The Bertz CT molecular complexity index is 1050. The zero-order valence-corrected chi connectivity index (χ0v) is 18.1. The van der Waals surface area contributed by atoms with Crippen LogP contribution in [0.1, 0.15) is 25.7 Å². The van der Waals surface area contributed by atoms with Crippen molar-refractivity contribution in [1.29, 1.82) is 0 Å². The fraction of sp³-hybridized carbons (Fsp3) is 0.375. The zero-order valence-electron chi connectivity index (χ0n) is 17.3. The second-order valence-corrected chi connectivity index (χ2v) is 8.88. The number of hydrogen-bond acceptors (Lipinski definition) is 5. The van der Waals surface area contributed by atoms with E-state index in [1.807, 2.05) is 41.8 Å². The van der Waals surface area contributed by atoms with E-state index in [-0.39, 0.29) is 12.2 Å². The molecule has 1 aliphatic rings. The number of aliphatic carboxylic acids is 1. The van der Waals surface area contributed by atoms with Gasteiger partial charge in [0.2, 0.25) is 0 Å². The quantitative estimate of drug-likeness (QED) is 0.558. The molecule has 0 atom stereocenters. The van der Waals surface area contributed by atoms with Gasteiger partial charge in [0.25, 0.3) is 5.56 Å². The van der Waals surface area contributed by atoms with Crippen molar-refractivity contribution in [3.05, 3.63) is 63.6 Å². The van der Waals surface area contributed by atoms with E-state index in [1.54, 1.807) is 22.1 Å². The monoisotopic (exact) mass is 438 g/mol. The van der Waals surface area contributed by atoms with Crippen LogP contribution in [0.15, 0.2) is 58.0 Å². The first-order chi connectivity index (χ1) is 15.1. The fourth-order valence-electron chi connectivity index (χ4n) is 4.21. The molecule has 1 aromatic carbocycles. The van der Waals surface area contributed by atoms with Crippen LogP contribution in [-0.4, -0.2) is 34.1 Å². The van der Waals surface area contributed by atoms with E-state index in [0.29, 0.717) is 25.0 Å². The second-order valence-electron chi connectivity index (χ2n) is 8.10. The van der Waals surface area contributed by atoms with Gasteiger partial charge in [-0.15, -0.1) is 0 Å². The number of carbonyl (C=O) groups is 1. The summed E-state index contributed by atoms with van der Waals surface area (Å²) >= 11 is 1.62. The first kappa shape index (κ1) is 21.5. The fourth-order valence-corrected chi connectivity index (χ4v) is 4.85. The number of thiophene rings is 1. The van der Waals surface area contributed by atoms with Gasteiger partial charge in [0.05, 0.1) is 12.3 Å². The lowest BCUT2D eigenvalue weighted by Gasteiger charge is -2.28. The lowest BCUT2D eigenvalue weighted by Crippen LogP contribution is -2.29. The van der Waals surface area contributed by atoms with Crippen molar-refractivity contribution in [3.8, 4) is 22.4 Å². The molecule has 0 aliphatic heterocycles. The Kier molecular flexibility index (Phi) is 6.94. The highest BCUT2D eigenvalue weighted by molar-refractivity contribution is 7.08. The average molecular weight is 439 g/mol. The molecule has 6 nitrogen and oxygen atoms in total. The summed E-state index contributed by atoms with van der Waals surface area (Å²) in [5, 5.41) is 17.6. The van der Waals surface area contributed by atoms with E-state index < -0.39 is 5.97 Å². The van der Waals surface area contributed by atoms with Crippen LogP contribution < -0.4 is 5.56 Å². The third-order valence-corrected chi connectivity index (χ3v) is 6.54. The van der Waals surface area contributed by atoms with Gasteiger partial charge in [0, 0.05) is 29.1 Å². The summed E-state index contributed by atoms with van der Waals surface area (Å²) in [5.74, 6) is -0.152. The summed E-state index contributed by atoms with van der Waals surface area (Å²) in [6, 6.07) is 13.7. The van der Waals surface area contributed by atoms with Gasteiger partial charge in [-0.05, 0) is 54.5 Å². The van der Waals surface area contributed by atoms with Gasteiger partial charge in [-0.25, -0.2) is 9.48 Å². The molecule has 1 fully saturated rings. The standard InChI is InChI=1S/C24H26N2O4S/c27-22-12-21(19-4-2-1-3-5-19)24(20-10-11-31-16-20)25-26(22)13-17-6-8-18(9-7-17)14-30-15-23(28)29/h1-5,10-12,16-18H,6-9,13-15H2,(H,28,29)/t17-,18-. The van der Waals surface area contributed by atoms with E-state index in [9.17, 15) is 9.59 Å². The molecule has 1 aliphatic carbocycles. The molecule has 2 heterocycles. The Balaban J connectivity index is 1.49. The molecular formula is C24H26N2O4S. The van der Waals surface area contributed by atoms with Crippen LogP contribution in [0.4, 0.5) is 0 Å². The van der Waals surface area contributed by atoms with Gasteiger partial charge >= 0.3 is 5.97 Å². The van der Waals surface area contributed by atoms with Crippen LogP contribution in [0.3, 0.4) is 0 Å². The maximum atomic E-state index is 12.9. The first-order valence-corrected chi connectivity index (χ1v) is 11.5. The highest BCUT2D eigenvalue weighted by Crippen LogP contribution is 2.32. The van der Waals surface area contributed by atoms with Crippen LogP contribution in [0.5, 0.6) is 0 Å². The number of carboxylic acid groups (broad SMARTS) is 1. The first-order valence-electron chi connectivity index (χ1n) is 10.6. The molecule has 0 radical (unpaired) electrons. The number of aromatic nitrogens is 2. The summed E-state index contributed by atoms with van der Waals surface area (Å²) in [6.07, 6.45) is 3.95. The van der Waals surface area contributed by atoms with Crippen molar-refractivity contribution in [2.75, 3.05) is 13.2 Å². The molecular weight excluding hydrogens is 412 g/mol. The van der Waals surface area contributed by atoms with Gasteiger partial charge in [0.1, 0.15) is 6.61 Å². The van der Waals surface area contributed by atoms with Crippen molar-refractivity contribution in [2.45, 2.75) is 32.2 Å². The number of carboxylic acids is 1. The molecule has 162 valence electrons. The van der Waals surface area contributed by atoms with Crippen molar-refractivity contribution < 1.29 is 14.6 Å². The molecule has 1 N–H and O–H groups in total. The largest absolute Gasteiger partial charge is 0.480 e. The summed E-state index contributed by atoms with van der Waals surface area (Å²) in [5.41, 5.74) is 3.63. The third kappa shape index (κ3) is 5.48. The molecule has 0 bridgehead atoms. The number of hydrogen-bond donors (Lipinski definition) is 1. The smallest absolute Gasteiger partial charge is 0.329 e. The SMILES string of the molecule is O=C(O)COC[C@H]1CC[C@H](Cn2nc(-c3ccsc3)c(-c3ccccc3)cc2=O)CC1. The molecule has 31 heavy (non-hydrogen) atoms. The van der Waals surface area contributed by atoms with Crippen LogP contribution in [-0.2, 0) is 16.1 Å². The van der Waals surface area contributed by atoms with E-state index in [4.69, 9.17) is 14.9 Å². The van der Waals surface area contributed by atoms with Crippen molar-refractivity contribution >= 4 is 17.3 Å². The van der Waals surface area contributed by atoms with Crippen LogP contribution in [0.25, 0.3) is 22.4 Å². The molecule has 7 heteroatoms.